The minimum atomic E-state index is -4.71. The van der Waals surface area contributed by atoms with Gasteiger partial charge in [0.1, 0.15) is 10.9 Å². The molecule has 0 saturated carbocycles. The van der Waals surface area contributed by atoms with E-state index in [0.29, 0.717) is 16.8 Å². The van der Waals surface area contributed by atoms with Crippen LogP contribution in [0.4, 0.5) is 13.2 Å². The minimum Gasteiger partial charge on any atom is -0.406 e. The van der Waals surface area contributed by atoms with Crippen molar-refractivity contribution in [1.82, 2.24) is 4.98 Å². The third-order valence-electron chi connectivity index (χ3n) is 2.38. The first-order valence-corrected chi connectivity index (χ1v) is 5.79. The standard InChI is InChI=1S/C13H8ClF3N2O/c14-12-6-9(5-10(7-18)19-12)8-1-3-11(4-2-8)20-13(15,16)17/h1-7,18H. The molecule has 1 aromatic heterocycles. The van der Waals surface area contributed by atoms with Crippen LogP contribution in [0.15, 0.2) is 36.4 Å². The molecule has 0 aliphatic heterocycles. The molecule has 0 aliphatic rings. The Kier molecular flexibility index (Phi) is 3.94. The molecule has 0 saturated heterocycles. The molecule has 1 N–H and O–H groups in total. The van der Waals surface area contributed by atoms with Crippen LogP contribution in [0.25, 0.3) is 11.1 Å². The Labute approximate surface area is 117 Å². The molecule has 0 unspecified atom stereocenters. The van der Waals surface area contributed by atoms with E-state index in [0.717, 1.165) is 6.21 Å². The molecule has 0 radical (unpaired) electrons. The number of benzene rings is 1. The zero-order valence-electron chi connectivity index (χ0n) is 9.91. The van der Waals surface area contributed by atoms with E-state index < -0.39 is 6.36 Å². The molecule has 20 heavy (non-hydrogen) atoms. The van der Waals surface area contributed by atoms with Gasteiger partial charge in [-0.2, -0.15) is 0 Å². The number of hydrogen-bond donors (Lipinski definition) is 1. The van der Waals surface area contributed by atoms with Crippen LogP contribution in [0.3, 0.4) is 0 Å². The summed E-state index contributed by atoms with van der Waals surface area (Å²) in [5.41, 5.74) is 1.66. The van der Waals surface area contributed by atoms with Crippen molar-refractivity contribution in [1.29, 1.82) is 5.41 Å². The van der Waals surface area contributed by atoms with Crippen LogP contribution in [0.1, 0.15) is 5.69 Å². The normalized spacial score (nSPS) is 11.2. The second-order valence-corrected chi connectivity index (χ2v) is 4.21. The molecule has 0 atom stereocenters. The quantitative estimate of drug-likeness (QED) is 0.678. The maximum absolute atomic E-state index is 12.0. The van der Waals surface area contributed by atoms with Crippen LogP contribution in [-0.4, -0.2) is 17.6 Å². The molecule has 0 aliphatic carbocycles. The molecule has 0 fully saturated rings. The summed E-state index contributed by atoms with van der Waals surface area (Å²) in [6.07, 6.45) is -3.68. The van der Waals surface area contributed by atoms with E-state index in [4.69, 9.17) is 17.0 Å². The Balaban J connectivity index is 2.30. The van der Waals surface area contributed by atoms with Gasteiger partial charge in [0.05, 0.1) is 5.69 Å². The number of aromatic nitrogens is 1. The zero-order valence-corrected chi connectivity index (χ0v) is 10.7. The monoisotopic (exact) mass is 300 g/mol. The lowest BCUT2D eigenvalue weighted by Crippen LogP contribution is -2.16. The van der Waals surface area contributed by atoms with Crippen LogP contribution in [0.2, 0.25) is 5.15 Å². The van der Waals surface area contributed by atoms with Crippen LogP contribution in [0, 0.1) is 5.41 Å². The van der Waals surface area contributed by atoms with E-state index >= 15 is 0 Å². The first kappa shape index (κ1) is 14.3. The van der Waals surface area contributed by atoms with Gasteiger partial charge >= 0.3 is 6.36 Å². The van der Waals surface area contributed by atoms with Gasteiger partial charge in [-0.05, 0) is 35.4 Å². The first-order valence-electron chi connectivity index (χ1n) is 5.41. The van der Waals surface area contributed by atoms with Crippen molar-refractivity contribution in [2.75, 3.05) is 0 Å². The highest BCUT2D eigenvalue weighted by Crippen LogP contribution is 2.27. The second-order valence-electron chi connectivity index (χ2n) is 3.82. The lowest BCUT2D eigenvalue weighted by molar-refractivity contribution is -0.274. The summed E-state index contributed by atoms with van der Waals surface area (Å²) in [6, 6.07) is 8.54. The largest absolute Gasteiger partial charge is 0.573 e. The molecule has 3 nitrogen and oxygen atoms in total. The number of pyridine rings is 1. The molecular formula is C13H8ClF3N2O. The summed E-state index contributed by atoms with van der Waals surface area (Å²) in [4.78, 5) is 3.89. The van der Waals surface area contributed by atoms with E-state index in [2.05, 4.69) is 9.72 Å². The number of hydrogen-bond acceptors (Lipinski definition) is 3. The van der Waals surface area contributed by atoms with E-state index in [1.807, 2.05) is 0 Å². The number of nitrogens with one attached hydrogen (secondary N) is 1. The summed E-state index contributed by atoms with van der Waals surface area (Å²) in [6.45, 7) is 0. The molecular weight excluding hydrogens is 293 g/mol. The third kappa shape index (κ3) is 3.71. The fourth-order valence-corrected chi connectivity index (χ4v) is 1.82. The van der Waals surface area contributed by atoms with Gasteiger partial charge in [0.25, 0.3) is 0 Å². The van der Waals surface area contributed by atoms with Gasteiger partial charge in [0.15, 0.2) is 0 Å². The van der Waals surface area contributed by atoms with Gasteiger partial charge in [0.2, 0.25) is 0 Å². The molecule has 1 aromatic carbocycles. The van der Waals surface area contributed by atoms with E-state index in [-0.39, 0.29) is 10.9 Å². The molecule has 2 rings (SSSR count). The molecule has 1 heterocycles. The third-order valence-corrected chi connectivity index (χ3v) is 2.58. The highest BCUT2D eigenvalue weighted by Gasteiger charge is 2.30. The summed E-state index contributed by atoms with van der Waals surface area (Å²) < 4.78 is 39.9. The van der Waals surface area contributed by atoms with Gasteiger partial charge < -0.3 is 10.1 Å². The van der Waals surface area contributed by atoms with E-state index in [1.54, 1.807) is 12.1 Å². The predicted octanol–water partition coefficient (Wildman–Crippen LogP) is 4.30. The molecule has 0 spiro atoms. The van der Waals surface area contributed by atoms with Gasteiger partial charge in [-0.25, -0.2) is 4.98 Å². The zero-order chi connectivity index (χ0) is 14.8. The Hall–Kier alpha value is -2.08. The van der Waals surface area contributed by atoms with Gasteiger partial charge in [-0.15, -0.1) is 13.2 Å². The Morgan fingerprint density at radius 2 is 1.75 bits per heavy atom. The average Bonchev–Trinajstić information content (AvgIpc) is 2.37. The molecule has 2 aromatic rings. The van der Waals surface area contributed by atoms with E-state index in [1.165, 1.54) is 24.3 Å². The number of rotatable bonds is 3. The maximum Gasteiger partial charge on any atom is 0.573 e. The predicted molar refractivity (Wildman–Crippen MR) is 69.3 cm³/mol. The fraction of sp³-hybridized carbons (Fsp3) is 0.0769. The Bertz CT molecular complexity index is 627. The summed E-state index contributed by atoms with van der Waals surface area (Å²) in [5.74, 6) is -0.298. The topological polar surface area (TPSA) is 46.0 Å². The lowest BCUT2D eigenvalue weighted by Gasteiger charge is -2.09. The maximum atomic E-state index is 12.0. The van der Waals surface area contributed by atoms with Gasteiger partial charge in [-0.3, -0.25) is 0 Å². The summed E-state index contributed by atoms with van der Waals surface area (Å²) in [7, 11) is 0. The number of nitrogens with zero attached hydrogens (tertiary/aromatic N) is 1. The van der Waals surface area contributed by atoms with Crippen LogP contribution >= 0.6 is 11.6 Å². The average molecular weight is 301 g/mol. The van der Waals surface area contributed by atoms with Crippen LogP contribution < -0.4 is 4.74 Å². The molecule has 104 valence electrons. The van der Waals surface area contributed by atoms with E-state index in [9.17, 15) is 13.2 Å². The second kappa shape index (κ2) is 5.50. The number of alkyl halides is 3. The van der Waals surface area contributed by atoms with Crippen molar-refractivity contribution in [3.8, 4) is 16.9 Å². The van der Waals surface area contributed by atoms with Crippen molar-refractivity contribution in [3.05, 3.63) is 47.2 Å². The highest BCUT2D eigenvalue weighted by atomic mass is 35.5. The summed E-state index contributed by atoms with van der Waals surface area (Å²) in [5, 5.41) is 7.35. The summed E-state index contributed by atoms with van der Waals surface area (Å²) >= 11 is 5.81. The van der Waals surface area contributed by atoms with Crippen LogP contribution in [0.5, 0.6) is 5.75 Å². The molecule has 7 heteroatoms. The minimum absolute atomic E-state index is 0.205. The fourth-order valence-electron chi connectivity index (χ4n) is 1.61. The molecule has 0 bridgehead atoms. The van der Waals surface area contributed by atoms with Crippen LogP contribution in [-0.2, 0) is 0 Å². The lowest BCUT2D eigenvalue weighted by atomic mass is 10.1. The van der Waals surface area contributed by atoms with Gasteiger partial charge in [-0.1, -0.05) is 23.7 Å². The number of halogens is 4. The van der Waals surface area contributed by atoms with Crippen molar-refractivity contribution in [2.24, 2.45) is 0 Å². The van der Waals surface area contributed by atoms with Crippen molar-refractivity contribution in [3.63, 3.8) is 0 Å². The first-order chi connectivity index (χ1) is 9.37. The molecule has 0 amide bonds. The number of ether oxygens (including phenoxy) is 1. The van der Waals surface area contributed by atoms with Crippen molar-refractivity contribution in [2.45, 2.75) is 6.36 Å². The van der Waals surface area contributed by atoms with Gasteiger partial charge in [0, 0.05) is 6.21 Å². The highest BCUT2D eigenvalue weighted by molar-refractivity contribution is 6.29. The Morgan fingerprint density at radius 1 is 1.10 bits per heavy atom. The Morgan fingerprint density at radius 3 is 2.30 bits per heavy atom. The smallest absolute Gasteiger partial charge is 0.406 e. The van der Waals surface area contributed by atoms with Crippen molar-refractivity contribution < 1.29 is 17.9 Å². The van der Waals surface area contributed by atoms with Crippen molar-refractivity contribution >= 4 is 17.8 Å². The SMILES string of the molecule is N=Cc1cc(-c2ccc(OC(F)(F)F)cc2)cc(Cl)n1.